The first kappa shape index (κ1) is 20.4. The molecule has 134 valence electrons. The Hall–Kier alpha value is 0.350. The van der Waals surface area contributed by atoms with E-state index < -0.39 is 0 Å². The van der Waals surface area contributed by atoms with Gasteiger partial charge in [0.2, 0.25) is 0 Å². The lowest BCUT2D eigenvalue weighted by atomic mass is 9.93. The molecule has 0 aliphatic carbocycles. The summed E-state index contributed by atoms with van der Waals surface area (Å²) in [5, 5.41) is 1.03. The van der Waals surface area contributed by atoms with E-state index in [0.717, 1.165) is 11.2 Å². The molecule has 1 heterocycles. The van der Waals surface area contributed by atoms with Gasteiger partial charge in [0.25, 0.3) is 0 Å². The van der Waals surface area contributed by atoms with Gasteiger partial charge in [-0.1, -0.05) is 85.0 Å². The predicted molar refractivity (Wildman–Crippen MR) is 108 cm³/mol. The Morgan fingerprint density at radius 3 is 1.95 bits per heavy atom. The van der Waals surface area contributed by atoms with Gasteiger partial charge in [-0.3, -0.25) is 0 Å². The third-order valence-corrected chi connectivity index (χ3v) is 10.7. The van der Waals surface area contributed by atoms with Crippen molar-refractivity contribution < 1.29 is 0 Å². The van der Waals surface area contributed by atoms with E-state index in [4.69, 9.17) is 0 Å². The summed E-state index contributed by atoms with van der Waals surface area (Å²) in [6, 6.07) is 0. The van der Waals surface area contributed by atoms with Crippen LogP contribution in [0.3, 0.4) is 0 Å². The molecule has 0 amide bonds. The lowest BCUT2D eigenvalue weighted by Gasteiger charge is -2.48. The van der Waals surface area contributed by atoms with Crippen LogP contribution in [0.25, 0.3) is 0 Å². The van der Waals surface area contributed by atoms with Gasteiger partial charge < -0.3 is 0 Å². The predicted octanol–water partition coefficient (Wildman–Crippen LogP) is 7.55. The van der Waals surface area contributed by atoms with Crippen molar-refractivity contribution in [1.29, 1.82) is 0 Å². The van der Waals surface area contributed by atoms with Crippen LogP contribution < -0.4 is 0 Å². The van der Waals surface area contributed by atoms with Crippen molar-refractivity contribution in [2.45, 2.75) is 109 Å². The van der Waals surface area contributed by atoms with Gasteiger partial charge >= 0.3 is 0 Å². The van der Waals surface area contributed by atoms with Gasteiger partial charge in [0.05, 0.1) is 0 Å². The minimum atomic E-state index is -0.252. The van der Waals surface area contributed by atoms with Crippen molar-refractivity contribution in [2.24, 2.45) is 5.92 Å². The van der Waals surface area contributed by atoms with Gasteiger partial charge in [-0.2, -0.15) is 0 Å². The molecule has 0 aromatic carbocycles. The summed E-state index contributed by atoms with van der Waals surface area (Å²) in [5.74, 6) is 4.17. The molecule has 1 fully saturated rings. The van der Waals surface area contributed by atoms with Crippen LogP contribution in [0.1, 0.15) is 104 Å². The molecule has 3 atom stereocenters. The van der Waals surface area contributed by atoms with E-state index in [-0.39, 0.29) is 10.0 Å². The molecule has 0 saturated carbocycles. The normalized spacial score (nSPS) is 31.8. The molecule has 3 unspecified atom stereocenters. The number of hydrogen-bond donors (Lipinski definition) is 0. The van der Waals surface area contributed by atoms with Crippen LogP contribution in [0.4, 0.5) is 0 Å². The van der Waals surface area contributed by atoms with Gasteiger partial charge in [-0.15, -0.1) is 0 Å². The van der Waals surface area contributed by atoms with Crippen molar-refractivity contribution in [1.82, 2.24) is 0 Å². The second-order valence-electron chi connectivity index (χ2n) is 8.08. The molecule has 0 bridgehead atoms. The van der Waals surface area contributed by atoms with Crippen molar-refractivity contribution in [2.75, 3.05) is 17.8 Å². The Bertz CT molecular complexity index is 263. The van der Waals surface area contributed by atoms with E-state index >= 15 is 0 Å². The number of unbranched alkanes of at least 4 members (excludes halogenated alkanes) is 8. The van der Waals surface area contributed by atoms with Crippen LogP contribution in [0, 0.1) is 5.92 Å². The maximum Gasteiger partial charge on any atom is -0.0140 e. The average molecular weight is 329 g/mol. The molecule has 0 aromatic heterocycles. The molecule has 1 aliphatic heterocycles. The maximum atomic E-state index is 2.63. The minimum Gasteiger partial charge on any atom is -0.241 e. The molecule has 0 spiro atoms. The highest BCUT2D eigenvalue weighted by Gasteiger charge is 2.32. The molecule has 1 heteroatoms. The van der Waals surface area contributed by atoms with Crippen molar-refractivity contribution in [3.63, 3.8) is 0 Å². The third kappa shape index (κ3) is 7.75. The van der Waals surface area contributed by atoms with Crippen molar-refractivity contribution in [3.05, 3.63) is 0 Å². The summed E-state index contributed by atoms with van der Waals surface area (Å²) < 4.78 is 0. The van der Waals surface area contributed by atoms with Crippen molar-refractivity contribution in [3.8, 4) is 0 Å². The van der Waals surface area contributed by atoms with Crippen LogP contribution in [0.5, 0.6) is 0 Å². The molecule has 0 aromatic rings. The van der Waals surface area contributed by atoms with Gasteiger partial charge in [0, 0.05) is 0 Å². The third-order valence-electron chi connectivity index (χ3n) is 6.02. The monoisotopic (exact) mass is 328 g/mol. The summed E-state index contributed by atoms with van der Waals surface area (Å²) in [7, 11) is -0.252. The maximum absolute atomic E-state index is 2.63. The smallest absolute Gasteiger partial charge is 0.0140 e. The zero-order chi connectivity index (χ0) is 16.3. The average Bonchev–Trinajstić information content (AvgIpc) is 2.50. The second-order valence-corrected chi connectivity index (χ2v) is 12.4. The zero-order valence-electron chi connectivity index (χ0n) is 16.2. The van der Waals surface area contributed by atoms with Gasteiger partial charge in [0.1, 0.15) is 0 Å². The zero-order valence-corrected chi connectivity index (χ0v) is 17.0. The summed E-state index contributed by atoms with van der Waals surface area (Å²) in [6.07, 6.45) is 21.9. The lowest BCUT2D eigenvalue weighted by molar-refractivity contribution is 0.401. The SMILES string of the molecule is CCCCCCCCCCCC1CCS(C)(CCC)C(C)C1. The molecule has 1 aliphatic rings. The molecular formula is C21H44S. The van der Waals surface area contributed by atoms with Crippen LogP contribution >= 0.6 is 10.0 Å². The highest BCUT2D eigenvalue weighted by molar-refractivity contribution is 8.33. The first-order valence-electron chi connectivity index (χ1n) is 10.3. The van der Waals surface area contributed by atoms with E-state index in [1.165, 1.54) is 76.4 Å². The molecule has 0 nitrogen and oxygen atoms in total. The number of rotatable bonds is 12. The van der Waals surface area contributed by atoms with Crippen LogP contribution in [0.2, 0.25) is 0 Å². The second kappa shape index (κ2) is 11.8. The fourth-order valence-electron chi connectivity index (χ4n) is 4.23. The molecular weight excluding hydrogens is 284 g/mol. The molecule has 1 rings (SSSR count). The highest BCUT2D eigenvalue weighted by Crippen LogP contribution is 2.56. The summed E-state index contributed by atoms with van der Waals surface area (Å²) in [4.78, 5) is 0. The topological polar surface area (TPSA) is 0 Å². The summed E-state index contributed by atoms with van der Waals surface area (Å²) >= 11 is 0. The quantitative estimate of drug-likeness (QED) is 0.324. The first-order chi connectivity index (χ1) is 10.6. The van der Waals surface area contributed by atoms with Crippen molar-refractivity contribution >= 4 is 10.0 Å². The van der Waals surface area contributed by atoms with Gasteiger partial charge in [-0.25, -0.2) is 10.0 Å². The standard InChI is InChI=1S/C21H44S/c1-5-7-8-9-10-11-12-13-14-15-21-16-18-22(4,17-6-2)20(3)19-21/h20-21H,5-19H2,1-4H3. The Kier molecular flexibility index (Phi) is 11.0. The van der Waals surface area contributed by atoms with E-state index in [9.17, 15) is 0 Å². The Morgan fingerprint density at radius 1 is 0.818 bits per heavy atom. The largest absolute Gasteiger partial charge is 0.241 e. The molecule has 0 N–H and O–H groups in total. The molecule has 22 heavy (non-hydrogen) atoms. The van der Waals surface area contributed by atoms with E-state index in [0.29, 0.717) is 0 Å². The molecule has 0 radical (unpaired) electrons. The van der Waals surface area contributed by atoms with Gasteiger partial charge in [-0.05, 0) is 48.2 Å². The van der Waals surface area contributed by atoms with E-state index in [1.54, 1.807) is 18.6 Å². The Balaban J connectivity index is 2.00. The van der Waals surface area contributed by atoms with E-state index in [1.807, 2.05) is 0 Å². The van der Waals surface area contributed by atoms with Crippen LogP contribution in [-0.4, -0.2) is 23.0 Å². The Morgan fingerprint density at radius 2 is 1.41 bits per heavy atom. The summed E-state index contributed by atoms with van der Waals surface area (Å²) in [5.41, 5.74) is 0. The van der Waals surface area contributed by atoms with Crippen LogP contribution in [-0.2, 0) is 0 Å². The van der Waals surface area contributed by atoms with E-state index in [2.05, 4.69) is 27.0 Å². The molecule has 1 saturated heterocycles. The fraction of sp³-hybridized carbons (Fsp3) is 1.00. The first-order valence-corrected chi connectivity index (χ1v) is 12.8. The van der Waals surface area contributed by atoms with Crippen LogP contribution in [0.15, 0.2) is 0 Å². The number of hydrogen-bond acceptors (Lipinski definition) is 0. The highest BCUT2D eigenvalue weighted by atomic mass is 32.3. The lowest BCUT2D eigenvalue weighted by Crippen LogP contribution is -2.29. The Labute approximate surface area is 143 Å². The summed E-state index contributed by atoms with van der Waals surface area (Å²) in [6.45, 7) is 7.24. The van der Waals surface area contributed by atoms with Gasteiger partial charge in [0.15, 0.2) is 0 Å². The fourth-order valence-corrected chi connectivity index (χ4v) is 7.78. The minimum absolute atomic E-state index is 0.252.